The minimum absolute atomic E-state index is 0.0398. The summed E-state index contributed by atoms with van der Waals surface area (Å²) in [5.41, 5.74) is 0.596. The Labute approximate surface area is 144 Å². The van der Waals surface area contributed by atoms with E-state index in [1.54, 1.807) is 30.3 Å². The van der Waals surface area contributed by atoms with Gasteiger partial charge < -0.3 is 8.92 Å². The van der Waals surface area contributed by atoms with E-state index in [1.165, 1.54) is 24.4 Å². The van der Waals surface area contributed by atoms with Gasteiger partial charge in [0.05, 0.1) is 12.1 Å². The Hall–Kier alpha value is -2.31. The van der Waals surface area contributed by atoms with Crippen LogP contribution in [0.1, 0.15) is 6.92 Å². The molecular weight excluding hydrogens is 350 g/mol. The Morgan fingerprint density at radius 3 is 2.54 bits per heavy atom. The molecule has 7 heteroatoms. The number of pyridine rings is 1. The van der Waals surface area contributed by atoms with Crippen LogP contribution in [0.2, 0.25) is 5.02 Å². The van der Waals surface area contributed by atoms with Crippen LogP contribution < -0.4 is 8.92 Å². The summed E-state index contributed by atoms with van der Waals surface area (Å²) in [6.45, 7) is 2.36. The Bertz CT molecular complexity index is 972. The lowest BCUT2D eigenvalue weighted by atomic mass is 10.2. The van der Waals surface area contributed by atoms with Gasteiger partial charge in [0.1, 0.15) is 10.6 Å². The maximum atomic E-state index is 12.5. The molecule has 0 saturated heterocycles. The molecule has 0 aliphatic rings. The lowest BCUT2D eigenvalue weighted by Gasteiger charge is -2.10. The maximum Gasteiger partial charge on any atom is 0.339 e. The van der Waals surface area contributed by atoms with Gasteiger partial charge in [-0.05, 0) is 49.4 Å². The predicted molar refractivity (Wildman–Crippen MR) is 92.2 cm³/mol. The molecular formula is C17H14ClNO4S. The van der Waals surface area contributed by atoms with Crippen molar-refractivity contribution >= 4 is 32.6 Å². The van der Waals surface area contributed by atoms with Crippen molar-refractivity contribution in [1.29, 1.82) is 0 Å². The summed E-state index contributed by atoms with van der Waals surface area (Å²) >= 11 is 5.98. The molecule has 0 aliphatic carbocycles. The van der Waals surface area contributed by atoms with Gasteiger partial charge in [-0.3, -0.25) is 4.98 Å². The molecule has 0 aliphatic heterocycles. The van der Waals surface area contributed by atoms with Crippen LogP contribution in [0.4, 0.5) is 0 Å². The highest BCUT2D eigenvalue weighted by Gasteiger charge is 2.18. The van der Waals surface area contributed by atoms with E-state index in [2.05, 4.69) is 4.98 Å². The van der Waals surface area contributed by atoms with Crippen LogP contribution in [-0.2, 0) is 10.1 Å². The molecule has 0 fully saturated rings. The van der Waals surface area contributed by atoms with Crippen LogP contribution in [0.15, 0.2) is 59.6 Å². The summed E-state index contributed by atoms with van der Waals surface area (Å²) in [5.74, 6) is 0.772. The summed E-state index contributed by atoms with van der Waals surface area (Å²) in [6, 6.07) is 12.5. The van der Waals surface area contributed by atoms with Crippen molar-refractivity contribution in [2.45, 2.75) is 11.8 Å². The number of ether oxygens (including phenoxy) is 1. The van der Waals surface area contributed by atoms with Crippen molar-refractivity contribution < 1.29 is 17.3 Å². The van der Waals surface area contributed by atoms with Crippen LogP contribution in [0, 0.1) is 0 Å². The molecule has 1 heterocycles. The van der Waals surface area contributed by atoms with Gasteiger partial charge in [0.2, 0.25) is 0 Å². The summed E-state index contributed by atoms with van der Waals surface area (Å²) in [4.78, 5) is 4.21. The molecule has 0 radical (unpaired) electrons. The summed E-state index contributed by atoms with van der Waals surface area (Å²) in [7, 11) is -3.98. The minimum Gasteiger partial charge on any atom is -0.494 e. The largest absolute Gasteiger partial charge is 0.494 e. The highest BCUT2D eigenvalue weighted by Crippen LogP contribution is 2.29. The van der Waals surface area contributed by atoms with Crippen LogP contribution in [0.3, 0.4) is 0 Å². The maximum absolute atomic E-state index is 12.5. The first-order valence-electron chi connectivity index (χ1n) is 7.21. The topological polar surface area (TPSA) is 65.5 Å². The zero-order valence-electron chi connectivity index (χ0n) is 12.8. The van der Waals surface area contributed by atoms with Gasteiger partial charge in [-0.15, -0.1) is 0 Å². The standard InChI is InChI=1S/C17H14ClNO4S/c1-2-22-13-4-6-14(7-5-13)24(20,21)23-17-9-10-19-16-8-3-12(18)11-15(16)17/h3-11H,2H2,1H3. The molecule has 2 aromatic carbocycles. The number of nitrogens with zero attached hydrogens (tertiary/aromatic N) is 1. The van der Waals surface area contributed by atoms with E-state index in [4.69, 9.17) is 20.5 Å². The van der Waals surface area contributed by atoms with Crippen molar-refractivity contribution in [2.24, 2.45) is 0 Å². The highest BCUT2D eigenvalue weighted by molar-refractivity contribution is 7.87. The SMILES string of the molecule is CCOc1ccc(S(=O)(=O)Oc2ccnc3ccc(Cl)cc23)cc1. The summed E-state index contributed by atoms with van der Waals surface area (Å²) in [5, 5.41) is 0.998. The molecule has 124 valence electrons. The van der Waals surface area contributed by atoms with E-state index in [-0.39, 0.29) is 10.6 Å². The average Bonchev–Trinajstić information content (AvgIpc) is 2.56. The van der Waals surface area contributed by atoms with Crippen molar-refractivity contribution in [3.63, 3.8) is 0 Å². The first-order chi connectivity index (χ1) is 11.5. The molecule has 1 aromatic heterocycles. The number of rotatable bonds is 5. The molecule has 5 nitrogen and oxygen atoms in total. The van der Waals surface area contributed by atoms with Gasteiger partial charge >= 0.3 is 10.1 Å². The van der Waals surface area contributed by atoms with Crippen LogP contribution in [0.5, 0.6) is 11.5 Å². The fourth-order valence-corrected chi connectivity index (χ4v) is 3.32. The molecule has 0 atom stereocenters. The quantitative estimate of drug-likeness (QED) is 0.640. The molecule has 0 saturated carbocycles. The fraction of sp³-hybridized carbons (Fsp3) is 0.118. The molecule has 3 rings (SSSR count). The average molecular weight is 364 g/mol. The zero-order chi connectivity index (χ0) is 17.2. The number of hydrogen-bond acceptors (Lipinski definition) is 5. The van der Waals surface area contributed by atoms with Crippen molar-refractivity contribution in [2.75, 3.05) is 6.61 Å². The predicted octanol–water partition coefficient (Wildman–Crippen LogP) is 4.05. The van der Waals surface area contributed by atoms with Crippen molar-refractivity contribution in [1.82, 2.24) is 4.98 Å². The Kier molecular flexibility index (Phi) is 4.59. The number of halogens is 1. The third kappa shape index (κ3) is 3.44. The Balaban J connectivity index is 1.96. The van der Waals surface area contributed by atoms with E-state index in [9.17, 15) is 8.42 Å². The van der Waals surface area contributed by atoms with Crippen LogP contribution in [0.25, 0.3) is 10.9 Å². The van der Waals surface area contributed by atoms with Gasteiger partial charge in [0, 0.05) is 22.7 Å². The Morgan fingerprint density at radius 1 is 1.08 bits per heavy atom. The lowest BCUT2D eigenvalue weighted by molar-refractivity contribution is 0.340. The smallest absolute Gasteiger partial charge is 0.339 e. The molecule has 0 amide bonds. The summed E-state index contributed by atoms with van der Waals surface area (Å²) < 4.78 is 35.6. The monoisotopic (exact) mass is 363 g/mol. The second-order valence-electron chi connectivity index (χ2n) is 4.91. The fourth-order valence-electron chi connectivity index (χ4n) is 2.20. The van der Waals surface area contributed by atoms with Gasteiger partial charge in [-0.25, -0.2) is 0 Å². The number of hydrogen-bond donors (Lipinski definition) is 0. The van der Waals surface area contributed by atoms with Crippen LogP contribution in [-0.4, -0.2) is 20.0 Å². The normalized spacial score (nSPS) is 11.4. The van der Waals surface area contributed by atoms with Gasteiger partial charge in [-0.2, -0.15) is 8.42 Å². The number of benzene rings is 2. The van der Waals surface area contributed by atoms with Crippen molar-refractivity contribution in [3.05, 3.63) is 59.8 Å². The second kappa shape index (κ2) is 6.67. The van der Waals surface area contributed by atoms with Crippen molar-refractivity contribution in [3.8, 4) is 11.5 Å². The molecule has 0 unspecified atom stereocenters. The van der Waals surface area contributed by atoms with Gasteiger partial charge in [-0.1, -0.05) is 11.6 Å². The molecule has 0 spiro atoms. The van der Waals surface area contributed by atoms with Gasteiger partial charge in [0.25, 0.3) is 0 Å². The first-order valence-corrected chi connectivity index (χ1v) is 9.00. The van der Waals surface area contributed by atoms with E-state index in [0.717, 1.165) is 0 Å². The van der Waals surface area contributed by atoms with E-state index in [0.29, 0.717) is 28.3 Å². The van der Waals surface area contributed by atoms with E-state index >= 15 is 0 Å². The molecule has 3 aromatic rings. The second-order valence-corrected chi connectivity index (χ2v) is 6.90. The molecule has 24 heavy (non-hydrogen) atoms. The minimum atomic E-state index is -3.98. The third-order valence-corrected chi connectivity index (χ3v) is 4.77. The lowest BCUT2D eigenvalue weighted by Crippen LogP contribution is -2.10. The summed E-state index contributed by atoms with van der Waals surface area (Å²) in [6.07, 6.45) is 1.49. The number of aromatic nitrogens is 1. The van der Waals surface area contributed by atoms with Crippen LogP contribution >= 0.6 is 11.6 Å². The number of fused-ring (bicyclic) bond motifs is 1. The van der Waals surface area contributed by atoms with E-state index < -0.39 is 10.1 Å². The highest BCUT2D eigenvalue weighted by atomic mass is 35.5. The third-order valence-electron chi connectivity index (χ3n) is 3.29. The first kappa shape index (κ1) is 16.5. The van der Waals surface area contributed by atoms with Gasteiger partial charge in [0.15, 0.2) is 5.75 Å². The van der Waals surface area contributed by atoms with E-state index in [1.807, 2.05) is 6.92 Å². The zero-order valence-corrected chi connectivity index (χ0v) is 14.3. The Morgan fingerprint density at radius 2 is 1.83 bits per heavy atom. The molecule has 0 bridgehead atoms. The molecule has 0 N–H and O–H groups in total.